The van der Waals surface area contributed by atoms with Crippen molar-refractivity contribution in [2.45, 2.75) is 198 Å². The van der Waals surface area contributed by atoms with E-state index in [-0.39, 0.29) is 29.3 Å². The number of ether oxygens (including phenoxy) is 1. The van der Waals surface area contributed by atoms with Gasteiger partial charge in [-0.1, -0.05) is 94.7 Å². The van der Waals surface area contributed by atoms with Crippen LogP contribution in [0.25, 0.3) is 0 Å². The average Bonchev–Trinajstić information content (AvgIpc) is 3.73. The number of aldehydes is 1. The number of fused-ring (bicyclic) bond motifs is 7. The van der Waals surface area contributed by atoms with Crippen molar-refractivity contribution in [1.82, 2.24) is 5.32 Å². The maximum atomic E-state index is 12.9. The maximum absolute atomic E-state index is 12.9. The molecule has 6 aliphatic rings. The fraction of sp³-hybridized carbons (Fsp3) is 0.913. The van der Waals surface area contributed by atoms with Crippen LogP contribution in [0.1, 0.15) is 186 Å². The van der Waals surface area contributed by atoms with E-state index < -0.39 is 5.41 Å². The lowest BCUT2D eigenvalue weighted by Crippen LogP contribution is -2.66. The second-order valence-corrected chi connectivity index (χ2v) is 20.1. The molecule has 50 heavy (non-hydrogen) atoms. The molecule has 6 rings (SSSR count). The SMILES string of the molecule is C=C(C)[C@@H]1CCC2(CCC)CC[C@]3(C)C(CC[C@@H]4C5(C)CCC(OC(=O)CC(C)(C)C=O)C(C)(C)[C@@H]5CCC43C)[C@@H]12.CC.CCC1CCCN1. The second-order valence-electron chi connectivity index (χ2n) is 20.1. The van der Waals surface area contributed by atoms with Gasteiger partial charge in [0.05, 0.1) is 6.42 Å². The normalized spacial score (nSPS) is 42.9. The van der Waals surface area contributed by atoms with Crippen LogP contribution in [0.3, 0.4) is 0 Å². The van der Waals surface area contributed by atoms with Crippen LogP contribution < -0.4 is 5.32 Å². The van der Waals surface area contributed by atoms with Crippen molar-refractivity contribution >= 4 is 12.3 Å². The van der Waals surface area contributed by atoms with Crippen molar-refractivity contribution < 1.29 is 14.3 Å². The van der Waals surface area contributed by atoms with E-state index in [1.807, 2.05) is 27.7 Å². The van der Waals surface area contributed by atoms with E-state index in [0.717, 1.165) is 42.9 Å². The molecular weight excluding hydrogens is 615 g/mol. The van der Waals surface area contributed by atoms with Gasteiger partial charge < -0.3 is 14.8 Å². The van der Waals surface area contributed by atoms with Crippen molar-refractivity contribution in [2.75, 3.05) is 6.54 Å². The molecule has 0 radical (unpaired) electrons. The molecule has 1 saturated heterocycles. The van der Waals surface area contributed by atoms with E-state index in [9.17, 15) is 9.59 Å². The van der Waals surface area contributed by atoms with Crippen molar-refractivity contribution in [3.8, 4) is 0 Å². The maximum Gasteiger partial charge on any atom is 0.307 e. The summed E-state index contributed by atoms with van der Waals surface area (Å²) in [5.74, 6) is 3.42. The second kappa shape index (κ2) is 15.7. The van der Waals surface area contributed by atoms with Gasteiger partial charge in [0, 0.05) is 16.9 Å². The Bertz CT molecular complexity index is 1180. The van der Waals surface area contributed by atoms with Crippen molar-refractivity contribution in [2.24, 2.45) is 62.1 Å². The molecule has 0 aromatic heterocycles. The van der Waals surface area contributed by atoms with Crippen molar-refractivity contribution in [3.63, 3.8) is 0 Å². The minimum atomic E-state index is -0.664. The molecule has 4 nitrogen and oxygen atoms in total. The van der Waals surface area contributed by atoms with Gasteiger partial charge in [-0.25, -0.2) is 0 Å². The van der Waals surface area contributed by atoms with Gasteiger partial charge in [0.2, 0.25) is 0 Å². The Labute approximate surface area is 309 Å². The molecule has 0 aromatic carbocycles. The zero-order valence-corrected chi connectivity index (χ0v) is 35.1. The molecule has 288 valence electrons. The van der Waals surface area contributed by atoms with Crippen LogP contribution in [-0.4, -0.2) is 30.9 Å². The Kier molecular flexibility index (Phi) is 13.0. The largest absolute Gasteiger partial charge is 0.462 e. The van der Waals surface area contributed by atoms with Gasteiger partial charge in [-0.05, 0) is 155 Å². The summed E-state index contributed by atoms with van der Waals surface area (Å²) in [6.45, 7) is 33.3. The molecule has 1 heterocycles. The zero-order chi connectivity index (χ0) is 37.3. The first kappa shape index (κ1) is 41.6. The summed E-state index contributed by atoms with van der Waals surface area (Å²) in [4.78, 5) is 24.4. The number of rotatable bonds is 8. The lowest BCUT2D eigenvalue weighted by atomic mass is 9.32. The average molecular weight is 696 g/mol. The Morgan fingerprint density at radius 3 is 2.14 bits per heavy atom. The third kappa shape index (κ3) is 7.21. The number of hydrogen-bond acceptors (Lipinski definition) is 4. The first-order chi connectivity index (χ1) is 23.4. The van der Waals surface area contributed by atoms with Gasteiger partial charge in [0.1, 0.15) is 12.4 Å². The van der Waals surface area contributed by atoms with Crippen LogP contribution in [0.4, 0.5) is 0 Å². The molecule has 0 spiro atoms. The summed E-state index contributed by atoms with van der Waals surface area (Å²) in [5.41, 5.74) is 2.29. The molecule has 5 saturated carbocycles. The van der Waals surface area contributed by atoms with Gasteiger partial charge in [0.15, 0.2) is 0 Å². The Morgan fingerprint density at radius 2 is 1.58 bits per heavy atom. The number of esters is 1. The molecule has 0 aromatic rings. The monoisotopic (exact) mass is 696 g/mol. The molecule has 6 fully saturated rings. The van der Waals surface area contributed by atoms with Gasteiger partial charge in [0.25, 0.3) is 0 Å². The molecule has 0 amide bonds. The van der Waals surface area contributed by atoms with E-state index in [1.165, 1.54) is 95.6 Å². The zero-order valence-electron chi connectivity index (χ0n) is 35.1. The summed E-state index contributed by atoms with van der Waals surface area (Å²) in [7, 11) is 0. The topological polar surface area (TPSA) is 55.4 Å². The highest BCUT2D eigenvalue weighted by molar-refractivity contribution is 5.75. The van der Waals surface area contributed by atoms with Crippen LogP contribution in [0.15, 0.2) is 12.2 Å². The Balaban J connectivity index is 0.000000549. The Hall–Kier alpha value is -1.16. The predicted molar refractivity (Wildman–Crippen MR) is 211 cm³/mol. The fourth-order valence-corrected chi connectivity index (χ4v) is 14.1. The minimum Gasteiger partial charge on any atom is -0.462 e. The molecule has 6 unspecified atom stereocenters. The summed E-state index contributed by atoms with van der Waals surface area (Å²) < 4.78 is 6.21. The van der Waals surface area contributed by atoms with E-state index in [2.05, 4.69) is 67.3 Å². The lowest BCUT2D eigenvalue weighted by molar-refractivity contribution is -0.250. The third-order valence-electron chi connectivity index (χ3n) is 16.8. The summed E-state index contributed by atoms with van der Waals surface area (Å²) >= 11 is 0. The Morgan fingerprint density at radius 1 is 0.880 bits per heavy atom. The first-order valence-electron chi connectivity index (χ1n) is 21.5. The first-order valence-corrected chi connectivity index (χ1v) is 21.5. The number of carbonyl (C=O) groups is 2. The van der Waals surface area contributed by atoms with Gasteiger partial charge in [-0.3, -0.25) is 4.79 Å². The molecule has 4 heteroatoms. The van der Waals surface area contributed by atoms with Crippen LogP contribution in [0.5, 0.6) is 0 Å². The molecule has 1 N–H and O–H groups in total. The third-order valence-corrected chi connectivity index (χ3v) is 16.8. The van der Waals surface area contributed by atoms with Gasteiger partial charge in [-0.15, -0.1) is 0 Å². The molecule has 1 aliphatic heterocycles. The van der Waals surface area contributed by atoms with Crippen molar-refractivity contribution in [3.05, 3.63) is 12.2 Å². The number of carbonyl (C=O) groups excluding carboxylic acids is 2. The number of hydrogen-bond donors (Lipinski definition) is 1. The quantitative estimate of drug-likeness (QED) is 0.156. The lowest BCUT2D eigenvalue weighted by Gasteiger charge is -2.73. The summed E-state index contributed by atoms with van der Waals surface area (Å²) in [6.07, 6.45) is 20.8. The molecule has 11 atom stereocenters. The smallest absolute Gasteiger partial charge is 0.307 e. The fourth-order valence-electron chi connectivity index (χ4n) is 14.1. The van der Waals surface area contributed by atoms with E-state index in [4.69, 9.17) is 4.74 Å². The highest BCUT2D eigenvalue weighted by Crippen LogP contribution is 2.78. The van der Waals surface area contributed by atoms with Crippen LogP contribution in [-0.2, 0) is 14.3 Å². The van der Waals surface area contributed by atoms with Crippen molar-refractivity contribution in [1.29, 1.82) is 0 Å². The molecule has 0 bridgehead atoms. The minimum absolute atomic E-state index is 0.0631. The molecule has 5 aliphatic carbocycles. The van der Waals surface area contributed by atoms with E-state index >= 15 is 0 Å². The number of allylic oxidation sites excluding steroid dienone is 1. The van der Waals surface area contributed by atoms with Gasteiger partial charge in [-0.2, -0.15) is 0 Å². The van der Waals surface area contributed by atoms with Crippen LogP contribution in [0, 0.1) is 62.1 Å². The summed E-state index contributed by atoms with van der Waals surface area (Å²) in [5, 5.41) is 3.41. The van der Waals surface area contributed by atoms with E-state index in [0.29, 0.717) is 28.1 Å². The van der Waals surface area contributed by atoms with Gasteiger partial charge >= 0.3 is 5.97 Å². The number of nitrogens with one attached hydrogen (secondary N) is 1. The predicted octanol–water partition coefficient (Wildman–Crippen LogP) is 12.1. The highest BCUT2D eigenvalue weighted by Gasteiger charge is 2.70. The molecular formula is C46H81NO3. The van der Waals surface area contributed by atoms with Crippen LogP contribution in [0.2, 0.25) is 0 Å². The highest BCUT2D eigenvalue weighted by atomic mass is 16.5. The summed E-state index contributed by atoms with van der Waals surface area (Å²) in [6, 6.07) is 0.847. The van der Waals surface area contributed by atoms with E-state index in [1.54, 1.807) is 0 Å². The standard InChI is InChI=1S/C38H62O3.C6H13N.C2H6/c1-11-17-38-20-14-26(25(2)3)32(38)27-12-13-29-35(8)18-16-30(41-31(40)23-33(4,5)24-39)34(6,7)28(35)15-19-37(29,10)36(27,9)21-22-38;1-2-6-4-3-5-7-6;1-2/h24,26-30,32H,2,11-23H2,1,3-10H3;6-7H,2-5H2,1H3;1-2H3/t26-,27?,28-,29+,30?,32+,35?,36+,37?,38?;;/m0../s1. The van der Waals surface area contributed by atoms with Crippen LogP contribution >= 0.6 is 0 Å².